The van der Waals surface area contributed by atoms with Crippen molar-refractivity contribution in [1.82, 2.24) is 14.5 Å². The highest BCUT2D eigenvalue weighted by molar-refractivity contribution is 6.11. The first-order valence-electron chi connectivity index (χ1n) is 12.7. The first kappa shape index (κ1) is 25.4. The van der Waals surface area contributed by atoms with Gasteiger partial charge >= 0.3 is 5.97 Å². The Labute approximate surface area is 221 Å². The molecule has 1 fully saturated rings. The normalized spacial score (nSPS) is 14.9. The molecule has 9 nitrogen and oxygen atoms in total. The molecule has 3 aromatic heterocycles. The summed E-state index contributed by atoms with van der Waals surface area (Å²) in [5.74, 6) is -0.991. The summed E-state index contributed by atoms with van der Waals surface area (Å²) in [6, 6.07) is 17.8. The van der Waals surface area contributed by atoms with Crippen molar-refractivity contribution in [3.05, 3.63) is 83.4 Å². The van der Waals surface area contributed by atoms with Gasteiger partial charge in [0.25, 0.3) is 0 Å². The Morgan fingerprint density at radius 1 is 1.16 bits per heavy atom. The van der Waals surface area contributed by atoms with Gasteiger partial charge in [0.15, 0.2) is 5.69 Å². The second-order valence-electron chi connectivity index (χ2n) is 9.37. The number of carbonyl (C=O) groups excluding carboxylic acids is 2. The van der Waals surface area contributed by atoms with E-state index in [-0.39, 0.29) is 17.5 Å². The van der Waals surface area contributed by atoms with E-state index in [9.17, 15) is 9.59 Å². The quantitative estimate of drug-likeness (QED) is 0.320. The van der Waals surface area contributed by atoms with E-state index in [1.807, 2.05) is 66.1 Å². The smallest absolute Gasteiger partial charge is 0.356 e. The van der Waals surface area contributed by atoms with Crippen LogP contribution in [0.4, 0.5) is 11.4 Å². The third-order valence-corrected chi connectivity index (χ3v) is 6.71. The molecule has 0 spiro atoms. The van der Waals surface area contributed by atoms with Crippen molar-refractivity contribution in [2.24, 2.45) is 5.92 Å². The molecule has 1 aliphatic heterocycles. The van der Waals surface area contributed by atoms with Crippen molar-refractivity contribution >= 4 is 34.3 Å². The Morgan fingerprint density at radius 3 is 2.74 bits per heavy atom. The molecule has 4 aromatic rings. The zero-order valence-electron chi connectivity index (χ0n) is 21.6. The zero-order valence-corrected chi connectivity index (χ0v) is 21.6. The highest BCUT2D eigenvalue weighted by Gasteiger charge is 2.29. The van der Waals surface area contributed by atoms with Gasteiger partial charge in [0, 0.05) is 24.2 Å². The zero-order chi connectivity index (χ0) is 26.5. The number of amides is 1. The van der Waals surface area contributed by atoms with Crippen molar-refractivity contribution in [3.8, 4) is 0 Å². The average molecular weight is 514 g/mol. The van der Waals surface area contributed by atoms with Crippen molar-refractivity contribution < 1.29 is 19.1 Å². The van der Waals surface area contributed by atoms with Gasteiger partial charge in [-0.25, -0.2) is 9.78 Å². The summed E-state index contributed by atoms with van der Waals surface area (Å²) in [7, 11) is 1.34. The van der Waals surface area contributed by atoms with Gasteiger partial charge in [0.2, 0.25) is 5.91 Å². The molecule has 0 bridgehead atoms. The lowest BCUT2D eigenvalue weighted by Crippen LogP contribution is -2.24. The lowest BCUT2D eigenvalue weighted by Gasteiger charge is -2.12. The van der Waals surface area contributed by atoms with Crippen LogP contribution in [0.5, 0.6) is 0 Å². The number of hydrogen-bond donors (Lipinski definition) is 2. The predicted molar refractivity (Wildman–Crippen MR) is 145 cm³/mol. The molecule has 4 heterocycles. The maximum absolute atomic E-state index is 13.1. The molecule has 1 atom stereocenters. The molecule has 1 aromatic carbocycles. The summed E-state index contributed by atoms with van der Waals surface area (Å²) in [4.78, 5) is 35.5. The van der Waals surface area contributed by atoms with Crippen LogP contribution in [0.1, 0.15) is 33.9 Å². The first-order valence-corrected chi connectivity index (χ1v) is 12.7. The van der Waals surface area contributed by atoms with Crippen molar-refractivity contribution in [2.45, 2.75) is 32.9 Å². The van der Waals surface area contributed by atoms with E-state index in [0.717, 1.165) is 22.6 Å². The Kier molecular flexibility index (Phi) is 7.65. The topological polar surface area (TPSA) is 107 Å². The summed E-state index contributed by atoms with van der Waals surface area (Å²) in [5.41, 5.74) is 4.99. The summed E-state index contributed by atoms with van der Waals surface area (Å²) >= 11 is 0. The number of carbonyl (C=O) groups is 2. The van der Waals surface area contributed by atoms with E-state index in [1.165, 1.54) is 7.11 Å². The SMILES string of the molecule is COC(=O)c1c(NC(=O)[C@@H]2CCOC2)c2cc(NCc3cccc(C)n3)cnc2n1CCc1ccccc1. The summed E-state index contributed by atoms with van der Waals surface area (Å²) < 4.78 is 12.4. The van der Waals surface area contributed by atoms with Gasteiger partial charge in [-0.3, -0.25) is 9.78 Å². The molecule has 1 aliphatic rings. The number of benzene rings is 1. The molecule has 0 radical (unpaired) electrons. The maximum atomic E-state index is 13.1. The third-order valence-electron chi connectivity index (χ3n) is 6.71. The minimum Gasteiger partial charge on any atom is -0.464 e. The minimum absolute atomic E-state index is 0.183. The Hall–Kier alpha value is -4.24. The van der Waals surface area contributed by atoms with Gasteiger partial charge in [-0.2, -0.15) is 0 Å². The number of aromatic nitrogens is 3. The largest absolute Gasteiger partial charge is 0.464 e. The van der Waals surface area contributed by atoms with Gasteiger partial charge in [-0.15, -0.1) is 0 Å². The van der Waals surface area contributed by atoms with Crippen LogP contribution in [0.3, 0.4) is 0 Å². The molecule has 0 aliphatic carbocycles. The van der Waals surface area contributed by atoms with Crippen LogP contribution < -0.4 is 10.6 Å². The standard InChI is InChI=1S/C29H31N5O4/c1-19-7-6-10-22(32-19)16-30-23-15-24-25(33-28(35)21-12-14-38-18-21)26(29(36)37-2)34(27(24)31-17-23)13-11-20-8-4-3-5-9-20/h3-10,15,17,21,30H,11-14,16,18H2,1-2H3,(H,33,35)/t21-/m1/s1. The van der Waals surface area contributed by atoms with Crippen LogP contribution >= 0.6 is 0 Å². The number of rotatable bonds is 9. The van der Waals surface area contributed by atoms with Crippen LogP contribution in [-0.4, -0.2) is 46.7 Å². The monoisotopic (exact) mass is 513 g/mol. The van der Waals surface area contributed by atoms with Crippen molar-refractivity contribution in [2.75, 3.05) is 31.0 Å². The summed E-state index contributed by atoms with van der Waals surface area (Å²) in [5, 5.41) is 7.04. The fraction of sp³-hybridized carbons (Fsp3) is 0.310. The summed E-state index contributed by atoms with van der Waals surface area (Å²) in [6.07, 6.45) is 3.05. The van der Waals surface area contributed by atoms with E-state index >= 15 is 0 Å². The van der Waals surface area contributed by atoms with Gasteiger partial charge < -0.3 is 24.7 Å². The van der Waals surface area contributed by atoms with Crippen LogP contribution in [-0.2, 0) is 33.8 Å². The van der Waals surface area contributed by atoms with Gasteiger partial charge in [0.1, 0.15) is 5.65 Å². The molecule has 0 saturated carbocycles. The van der Waals surface area contributed by atoms with Crippen LogP contribution in [0.2, 0.25) is 0 Å². The third kappa shape index (κ3) is 5.52. The van der Waals surface area contributed by atoms with Crippen LogP contribution in [0, 0.1) is 12.8 Å². The van der Waals surface area contributed by atoms with Gasteiger partial charge in [0.05, 0.1) is 49.4 Å². The highest BCUT2D eigenvalue weighted by atomic mass is 16.5. The molecular weight excluding hydrogens is 482 g/mol. The molecule has 0 unspecified atom stereocenters. The van der Waals surface area contributed by atoms with E-state index in [2.05, 4.69) is 15.6 Å². The number of nitrogens with zero attached hydrogens (tertiary/aromatic N) is 3. The molecule has 196 valence electrons. The lowest BCUT2D eigenvalue weighted by atomic mass is 10.1. The Morgan fingerprint density at radius 2 is 2.00 bits per heavy atom. The highest BCUT2D eigenvalue weighted by Crippen LogP contribution is 2.34. The molecule has 2 N–H and O–H groups in total. The number of pyridine rings is 2. The van der Waals surface area contributed by atoms with Crippen LogP contribution in [0.15, 0.2) is 60.8 Å². The number of hydrogen-bond acceptors (Lipinski definition) is 7. The van der Waals surface area contributed by atoms with E-state index in [4.69, 9.17) is 14.5 Å². The number of methoxy groups -OCH3 is 1. The molecular formula is C29H31N5O4. The molecule has 1 saturated heterocycles. The number of fused-ring (bicyclic) bond motifs is 1. The van der Waals surface area contributed by atoms with Gasteiger partial charge in [-0.05, 0) is 43.5 Å². The molecule has 1 amide bonds. The van der Waals surface area contributed by atoms with Gasteiger partial charge in [-0.1, -0.05) is 36.4 Å². The molecule has 38 heavy (non-hydrogen) atoms. The molecule has 9 heteroatoms. The maximum Gasteiger partial charge on any atom is 0.356 e. The predicted octanol–water partition coefficient (Wildman–Crippen LogP) is 4.36. The number of anilines is 2. The number of ether oxygens (including phenoxy) is 2. The number of aryl methyl sites for hydroxylation is 3. The first-order chi connectivity index (χ1) is 18.5. The van der Waals surface area contributed by atoms with E-state index in [1.54, 1.807) is 6.20 Å². The lowest BCUT2D eigenvalue weighted by molar-refractivity contribution is -0.119. The molecule has 5 rings (SSSR count). The summed E-state index contributed by atoms with van der Waals surface area (Å²) in [6.45, 7) is 3.85. The second-order valence-corrected chi connectivity index (χ2v) is 9.37. The average Bonchev–Trinajstić information content (AvgIpc) is 3.58. The van der Waals surface area contributed by atoms with Crippen LogP contribution in [0.25, 0.3) is 11.0 Å². The van der Waals surface area contributed by atoms with Crippen molar-refractivity contribution in [1.29, 1.82) is 0 Å². The van der Waals surface area contributed by atoms with Crippen molar-refractivity contribution in [3.63, 3.8) is 0 Å². The fourth-order valence-corrected chi connectivity index (χ4v) is 4.72. The van der Waals surface area contributed by atoms with E-state index < -0.39 is 5.97 Å². The minimum atomic E-state index is -0.535. The Bertz CT molecular complexity index is 1440. The van der Waals surface area contributed by atoms with E-state index in [0.29, 0.717) is 55.9 Å². The Balaban J connectivity index is 1.54. The second kappa shape index (κ2) is 11.4. The number of nitrogens with one attached hydrogen (secondary N) is 2. The fourth-order valence-electron chi connectivity index (χ4n) is 4.72. The number of esters is 1.